The lowest BCUT2D eigenvalue weighted by Gasteiger charge is -2.31. The molecule has 2 aliphatic rings. The third-order valence-corrected chi connectivity index (χ3v) is 5.21. The van der Waals surface area contributed by atoms with Crippen LogP contribution in [0.25, 0.3) is 0 Å². The van der Waals surface area contributed by atoms with Crippen molar-refractivity contribution in [3.63, 3.8) is 0 Å². The highest BCUT2D eigenvalue weighted by Crippen LogP contribution is 2.26. The van der Waals surface area contributed by atoms with Crippen molar-refractivity contribution >= 4 is 23.3 Å². The Morgan fingerprint density at radius 3 is 2.65 bits per heavy atom. The molecular formula is C21H23N3O2. The Hall–Kier alpha value is -2.82. The molecule has 0 spiro atoms. The van der Waals surface area contributed by atoms with Gasteiger partial charge in [0, 0.05) is 36.9 Å². The van der Waals surface area contributed by atoms with E-state index in [2.05, 4.69) is 17.4 Å². The molecule has 0 aromatic heterocycles. The molecule has 0 radical (unpaired) electrons. The third kappa shape index (κ3) is 3.43. The second-order valence-corrected chi connectivity index (χ2v) is 6.96. The van der Waals surface area contributed by atoms with Crippen LogP contribution in [-0.2, 0) is 11.2 Å². The SMILES string of the molecule is O=C1CCN1c1cccc(NC(=O)N2CCC[C@@H]2Cc2ccccc2)c1. The number of likely N-dealkylation sites (tertiary alicyclic amines) is 1. The second-order valence-electron chi connectivity index (χ2n) is 6.96. The van der Waals surface area contributed by atoms with Crippen molar-refractivity contribution in [2.45, 2.75) is 31.7 Å². The van der Waals surface area contributed by atoms with E-state index in [4.69, 9.17) is 0 Å². The lowest BCUT2D eigenvalue weighted by atomic mass is 10.0. The minimum Gasteiger partial charge on any atom is -0.321 e. The number of amides is 3. The predicted molar refractivity (Wildman–Crippen MR) is 102 cm³/mol. The van der Waals surface area contributed by atoms with E-state index in [1.807, 2.05) is 47.4 Å². The lowest BCUT2D eigenvalue weighted by molar-refractivity contribution is -0.122. The number of β-lactam (4-membered cyclic amide) rings is 1. The van der Waals surface area contributed by atoms with Crippen molar-refractivity contribution < 1.29 is 9.59 Å². The average Bonchev–Trinajstić information content (AvgIpc) is 3.10. The van der Waals surface area contributed by atoms with Crippen LogP contribution in [0.4, 0.5) is 16.2 Å². The fourth-order valence-corrected chi connectivity index (χ4v) is 3.74. The molecule has 3 amide bonds. The molecule has 0 aliphatic carbocycles. The zero-order valence-corrected chi connectivity index (χ0v) is 14.7. The summed E-state index contributed by atoms with van der Waals surface area (Å²) in [7, 11) is 0. The molecule has 26 heavy (non-hydrogen) atoms. The fourth-order valence-electron chi connectivity index (χ4n) is 3.74. The van der Waals surface area contributed by atoms with E-state index in [1.165, 1.54) is 5.56 Å². The highest BCUT2D eigenvalue weighted by molar-refractivity contribution is 6.00. The maximum Gasteiger partial charge on any atom is 0.322 e. The summed E-state index contributed by atoms with van der Waals surface area (Å²) in [6.07, 6.45) is 3.56. The molecule has 2 aromatic rings. The van der Waals surface area contributed by atoms with Crippen molar-refractivity contribution in [2.75, 3.05) is 23.3 Å². The molecule has 2 fully saturated rings. The molecule has 0 saturated carbocycles. The molecule has 2 aliphatic heterocycles. The van der Waals surface area contributed by atoms with Gasteiger partial charge in [0.25, 0.3) is 0 Å². The van der Waals surface area contributed by atoms with Crippen LogP contribution in [0, 0.1) is 0 Å². The first kappa shape index (κ1) is 16.6. The first-order chi connectivity index (χ1) is 12.7. The van der Waals surface area contributed by atoms with Gasteiger partial charge < -0.3 is 15.1 Å². The fraction of sp³-hybridized carbons (Fsp3) is 0.333. The van der Waals surface area contributed by atoms with Gasteiger partial charge in [-0.3, -0.25) is 4.79 Å². The molecule has 1 atom stereocenters. The summed E-state index contributed by atoms with van der Waals surface area (Å²) in [4.78, 5) is 28.1. The number of anilines is 2. The minimum atomic E-state index is -0.0597. The van der Waals surface area contributed by atoms with Crippen LogP contribution >= 0.6 is 0 Å². The molecule has 2 saturated heterocycles. The van der Waals surface area contributed by atoms with Crippen molar-refractivity contribution in [2.24, 2.45) is 0 Å². The van der Waals surface area contributed by atoms with Crippen LogP contribution in [0.5, 0.6) is 0 Å². The lowest BCUT2D eigenvalue weighted by Crippen LogP contribution is -2.43. The van der Waals surface area contributed by atoms with Crippen molar-refractivity contribution in [1.29, 1.82) is 0 Å². The van der Waals surface area contributed by atoms with Crippen LogP contribution in [0.1, 0.15) is 24.8 Å². The van der Waals surface area contributed by atoms with Crippen molar-refractivity contribution in [3.8, 4) is 0 Å². The molecule has 2 heterocycles. The van der Waals surface area contributed by atoms with Gasteiger partial charge in [0.05, 0.1) is 0 Å². The Labute approximate surface area is 153 Å². The largest absolute Gasteiger partial charge is 0.322 e. The molecule has 134 valence electrons. The van der Waals surface area contributed by atoms with Gasteiger partial charge in [0.15, 0.2) is 0 Å². The smallest absolute Gasteiger partial charge is 0.321 e. The van der Waals surface area contributed by atoms with E-state index < -0.39 is 0 Å². The summed E-state index contributed by atoms with van der Waals surface area (Å²) in [5.74, 6) is 0.135. The zero-order chi connectivity index (χ0) is 17.9. The van der Waals surface area contributed by atoms with E-state index in [9.17, 15) is 9.59 Å². The summed E-state index contributed by atoms with van der Waals surface area (Å²) in [6.45, 7) is 1.54. The molecule has 2 aromatic carbocycles. The number of urea groups is 1. The number of nitrogens with one attached hydrogen (secondary N) is 1. The molecule has 4 rings (SSSR count). The van der Waals surface area contributed by atoms with E-state index in [0.717, 1.165) is 43.7 Å². The summed E-state index contributed by atoms with van der Waals surface area (Å²) in [5, 5.41) is 3.01. The average molecular weight is 349 g/mol. The Morgan fingerprint density at radius 1 is 1.08 bits per heavy atom. The first-order valence-electron chi connectivity index (χ1n) is 9.23. The first-order valence-corrected chi connectivity index (χ1v) is 9.23. The van der Waals surface area contributed by atoms with Gasteiger partial charge in [-0.05, 0) is 43.0 Å². The highest BCUT2D eigenvalue weighted by atomic mass is 16.2. The maximum atomic E-state index is 12.8. The molecule has 0 unspecified atom stereocenters. The van der Waals surface area contributed by atoms with Gasteiger partial charge >= 0.3 is 6.03 Å². The van der Waals surface area contributed by atoms with E-state index in [1.54, 1.807) is 4.90 Å². The zero-order valence-electron chi connectivity index (χ0n) is 14.7. The maximum absolute atomic E-state index is 12.8. The van der Waals surface area contributed by atoms with Crippen LogP contribution < -0.4 is 10.2 Å². The highest BCUT2D eigenvalue weighted by Gasteiger charge is 2.29. The Balaban J connectivity index is 1.42. The van der Waals surface area contributed by atoms with Gasteiger partial charge in [-0.15, -0.1) is 0 Å². The molecule has 1 N–H and O–H groups in total. The van der Waals surface area contributed by atoms with Gasteiger partial charge in [0.1, 0.15) is 0 Å². The predicted octanol–water partition coefficient (Wildman–Crippen LogP) is 3.66. The third-order valence-electron chi connectivity index (χ3n) is 5.21. The Morgan fingerprint density at radius 2 is 1.92 bits per heavy atom. The molecular weight excluding hydrogens is 326 g/mol. The number of hydrogen-bond donors (Lipinski definition) is 1. The topological polar surface area (TPSA) is 52.7 Å². The standard InChI is InChI=1S/C21H23N3O2/c25-20-11-13-23(20)19-9-4-8-17(15-19)22-21(26)24-12-5-10-18(24)14-16-6-2-1-3-7-16/h1-4,6-9,15,18H,5,10-14H2,(H,22,26)/t18-/m1/s1. The number of carbonyl (C=O) groups excluding carboxylic acids is 2. The van der Waals surface area contributed by atoms with Crippen LogP contribution in [0.15, 0.2) is 54.6 Å². The number of benzene rings is 2. The monoisotopic (exact) mass is 349 g/mol. The van der Waals surface area contributed by atoms with E-state index in [-0.39, 0.29) is 18.0 Å². The van der Waals surface area contributed by atoms with Crippen molar-refractivity contribution in [3.05, 3.63) is 60.2 Å². The molecule has 5 heteroatoms. The minimum absolute atomic E-state index is 0.0597. The summed E-state index contributed by atoms with van der Waals surface area (Å²) in [6, 6.07) is 18.0. The summed E-state index contributed by atoms with van der Waals surface area (Å²) in [5.41, 5.74) is 2.84. The van der Waals surface area contributed by atoms with Gasteiger partial charge in [0.2, 0.25) is 5.91 Å². The summed E-state index contributed by atoms with van der Waals surface area (Å²) < 4.78 is 0. The number of rotatable bonds is 4. The van der Waals surface area contributed by atoms with Gasteiger partial charge in [-0.2, -0.15) is 0 Å². The van der Waals surface area contributed by atoms with Gasteiger partial charge in [-0.1, -0.05) is 36.4 Å². The van der Waals surface area contributed by atoms with Crippen molar-refractivity contribution in [1.82, 2.24) is 4.90 Å². The van der Waals surface area contributed by atoms with E-state index in [0.29, 0.717) is 6.42 Å². The van der Waals surface area contributed by atoms with E-state index >= 15 is 0 Å². The molecule has 5 nitrogen and oxygen atoms in total. The van der Waals surface area contributed by atoms with Crippen LogP contribution in [-0.4, -0.2) is 36.0 Å². The van der Waals surface area contributed by atoms with Crippen LogP contribution in [0.3, 0.4) is 0 Å². The molecule has 0 bridgehead atoms. The number of nitrogens with zero attached hydrogens (tertiary/aromatic N) is 2. The number of carbonyl (C=O) groups is 2. The second kappa shape index (κ2) is 7.20. The number of hydrogen-bond acceptors (Lipinski definition) is 2. The van der Waals surface area contributed by atoms with Gasteiger partial charge in [-0.25, -0.2) is 4.79 Å². The Kier molecular flexibility index (Phi) is 4.61. The quantitative estimate of drug-likeness (QED) is 0.857. The Bertz CT molecular complexity index is 806. The van der Waals surface area contributed by atoms with Crippen LogP contribution in [0.2, 0.25) is 0 Å². The summed E-state index contributed by atoms with van der Waals surface area (Å²) >= 11 is 0. The normalized spacial score (nSPS) is 19.4.